The Hall–Kier alpha value is -2.80. The fraction of sp³-hybridized carbons (Fsp3) is 0.0667. The van der Waals surface area contributed by atoms with Crippen molar-refractivity contribution in [3.05, 3.63) is 52.8 Å². The van der Waals surface area contributed by atoms with Gasteiger partial charge in [0.15, 0.2) is 5.75 Å². The number of carboxylic acid groups (broad SMARTS) is 1. The van der Waals surface area contributed by atoms with Gasteiger partial charge in [0, 0.05) is 0 Å². The van der Waals surface area contributed by atoms with Crippen molar-refractivity contribution in [1.29, 1.82) is 0 Å². The van der Waals surface area contributed by atoms with Crippen molar-refractivity contribution in [1.82, 2.24) is 0 Å². The molecule has 0 spiro atoms. The van der Waals surface area contributed by atoms with Crippen LogP contribution < -0.4 is 15.4 Å². The minimum absolute atomic E-state index is 0.000453. The van der Waals surface area contributed by atoms with Crippen LogP contribution in [0, 0.1) is 5.82 Å². The molecule has 0 saturated carbocycles. The molecule has 0 bridgehead atoms. The molecule has 0 aliphatic heterocycles. The van der Waals surface area contributed by atoms with E-state index in [9.17, 15) is 14.0 Å². The average molecular weight is 339 g/mol. The highest BCUT2D eigenvalue weighted by molar-refractivity contribution is 6.34. The quantitative estimate of drug-likeness (QED) is 0.790. The summed E-state index contributed by atoms with van der Waals surface area (Å²) in [6.45, 7) is 0. The van der Waals surface area contributed by atoms with E-state index in [0.717, 1.165) is 6.07 Å². The van der Waals surface area contributed by atoms with Crippen molar-refractivity contribution in [2.24, 2.45) is 0 Å². The number of carbonyl (C=O) groups is 2. The van der Waals surface area contributed by atoms with Crippen LogP contribution in [0.25, 0.3) is 0 Å². The number of hydrogen-bond acceptors (Lipinski definition) is 3. The lowest BCUT2D eigenvalue weighted by molar-refractivity contribution is 0.0693. The number of amides is 2. The number of aromatic carboxylic acids is 1. The number of urea groups is 1. The molecule has 0 radical (unpaired) electrons. The third kappa shape index (κ3) is 3.70. The third-order valence-electron chi connectivity index (χ3n) is 2.90. The third-order valence-corrected chi connectivity index (χ3v) is 3.28. The molecular weight excluding hydrogens is 327 g/mol. The zero-order chi connectivity index (χ0) is 17.0. The molecule has 2 aromatic rings. The Morgan fingerprint density at radius 3 is 2.39 bits per heavy atom. The number of carbonyl (C=O) groups excluding carboxylic acids is 1. The molecular formula is C15H12ClFN2O4. The van der Waals surface area contributed by atoms with Crippen molar-refractivity contribution < 1.29 is 23.8 Å². The van der Waals surface area contributed by atoms with Gasteiger partial charge >= 0.3 is 12.0 Å². The van der Waals surface area contributed by atoms with E-state index < -0.39 is 17.8 Å². The average Bonchev–Trinajstić information content (AvgIpc) is 2.51. The van der Waals surface area contributed by atoms with Crippen LogP contribution >= 0.6 is 11.6 Å². The molecule has 2 amide bonds. The molecule has 0 aliphatic rings. The molecule has 0 saturated heterocycles. The molecule has 2 rings (SSSR count). The number of halogens is 2. The standard InChI is InChI=1S/C15H12ClFN2O4/c1-23-13-8(14(20)21)4-2-7-11(13)19-15(22)18-10-6-3-5-9(17)12(10)16/h2-7H,1H3,(H,20,21)(H2,18,19,22). The fourth-order valence-electron chi connectivity index (χ4n) is 1.90. The highest BCUT2D eigenvalue weighted by Crippen LogP contribution is 2.29. The number of anilines is 2. The molecule has 0 aromatic heterocycles. The summed E-state index contributed by atoms with van der Waals surface area (Å²) < 4.78 is 18.4. The van der Waals surface area contributed by atoms with Crippen molar-refractivity contribution in [2.45, 2.75) is 0 Å². The molecule has 3 N–H and O–H groups in total. The second kappa shape index (κ2) is 6.97. The molecule has 0 atom stereocenters. The van der Waals surface area contributed by atoms with Crippen LogP contribution in [-0.2, 0) is 0 Å². The van der Waals surface area contributed by atoms with E-state index in [1.807, 2.05) is 0 Å². The lowest BCUT2D eigenvalue weighted by Gasteiger charge is -2.13. The van der Waals surface area contributed by atoms with Gasteiger partial charge in [-0.3, -0.25) is 0 Å². The number of hydrogen-bond donors (Lipinski definition) is 3. The van der Waals surface area contributed by atoms with Gasteiger partial charge in [-0.05, 0) is 24.3 Å². The second-order valence-electron chi connectivity index (χ2n) is 4.37. The largest absolute Gasteiger partial charge is 0.494 e. The summed E-state index contributed by atoms with van der Waals surface area (Å²) in [6.07, 6.45) is 0. The molecule has 2 aromatic carbocycles. The zero-order valence-electron chi connectivity index (χ0n) is 11.9. The first kappa shape index (κ1) is 16.6. The predicted molar refractivity (Wildman–Crippen MR) is 84.0 cm³/mol. The van der Waals surface area contributed by atoms with Crippen LogP contribution in [0.3, 0.4) is 0 Å². The van der Waals surface area contributed by atoms with Gasteiger partial charge in [0.1, 0.15) is 11.4 Å². The van der Waals surface area contributed by atoms with Gasteiger partial charge in [-0.25, -0.2) is 14.0 Å². The molecule has 6 nitrogen and oxygen atoms in total. The Kier molecular flexibility index (Phi) is 5.02. The van der Waals surface area contributed by atoms with Crippen molar-refractivity contribution in [3.63, 3.8) is 0 Å². The van der Waals surface area contributed by atoms with Crippen molar-refractivity contribution >= 4 is 35.0 Å². The van der Waals surface area contributed by atoms with Crippen LogP contribution in [0.15, 0.2) is 36.4 Å². The lowest BCUT2D eigenvalue weighted by atomic mass is 10.1. The van der Waals surface area contributed by atoms with Crippen molar-refractivity contribution in [2.75, 3.05) is 17.7 Å². The van der Waals surface area contributed by atoms with Crippen LogP contribution in [-0.4, -0.2) is 24.2 Å². The normalized spacial score (nSPS) is 10.0. The van der Waals surface area contributed by atoms with Crippen LogP contribution in [0.4, 0.5) is 20.6 Å². The molecule has 8 heteroatoms. The van der Waals surface area contributed by atoms with Gasteiger partial charge in [-0.1, -0.05) is 23.7 Å². The molecule has 0 unspecified atom stereocenters. The van der Waals surface area contributed by atoms with E-state index in [-0.39, 0.29) is 27.7 Å². The number of ether oxygens (including phenoxy) is 1. The van der Waals surface area contributed by atoms with Crippen LogP contribution in [0.2, 0.25) is 5.02 Å². The number of methoxy groups -OCH3 is 1. The summed E-state index contributed by atoms with van der Waals surface area (Å²) in [5, 5.41) is 13.7. The molecule has 0 heterocycles. The van der Waals surface area contributed by atoms with E-state index >= 15 is 0 Å². The van der Waals surface area contributed by atoms with Gasteiger partial charge in [0.2, 0.25) is 0 Å². The van der Waals surface area contributed by atoms with Crippen LogP contribution in [0.5, 0.6) is 5.75 Å². The zero-order valence-corrected chi connectivity index (χ0v) is 12.6. The first-order valence-corrected chi connectivity index (χ1v) is 6.74. The fourth-order valence-corrected chi connectivity index (χ4v) is 2.07. The summed E-state index contributed by atoms with van der Waals surface area (Å²) in [6, 6.07) is 7.52. The Balaban J connectivity index is 2.22. The summed E-state index contributed by atoms with van der Waals surface area (Å²) in [5.74, 6) is -1.87. The van der Waals surface area contributed by atoms with Gasteiger partial charge < -0.3 is 20.5 Å². The van der Waals surface area contributed by atoms with Gasteiger partial charge in [0.05, 0.1) is 23.5 Å². The van der Waals surface area contributed by atoms with Crippen molar-refractivity contribution in [3.8, 4) is 5.75 Å². The number of para-hydroxylation sites is 1. The minimum Gasteiger partial charge on any atom is -0.494 e. The summed E-state index contributed by atoms with van der Waals surface area (Å²) in [4.78, 5) is 23.1. The molecule has 23 heavy (non-hydrogen) atoms. The Morgan fingerprint density at radius 1 is 1.13 bits per heavy atom. The van der Waals surface area contributed by atoms with Gasteiger partial charge in [-0.15, -0.1) is 0 Å². The smallest absolute Gasteiger partial charge is 0.339 e. The first-order valence-electron chi connectivity index (χ1n) is 6.36. The Labute approximate surface area is 135 Å². The summed E-state index contributed by atoms with van der Waals surface area (Å²) in [5.41, 5.74) is 0.129. The lowest BCUT2D eigenvalue weighted by Crippen LogP contribution is -2.20. The maximum Gasteiger partial charge on any atom is 0.339 e. The molecule has 0 aliphatic carbocycles. The van der Waals surface area contributed by atoms with E-state index in [4.69, 9.17) is 21.4 Å². The maximum atomic E-state index is 13.3. The van der Waals surface area contributed by atoms with E-state index in [2.05, 4.69) is 10.6 Å². The SMILES string of the molecule is COc1c(NC(=O)Nc2cccc(F)c2Cl)cccc1C(=O)O. The topological polar surface area (TPSA) is 87.7 Å². The molecule has 120 valence electrons. The number of rotatable bonds is 4. The maximum absolute atomic E-state index is 13.3. The first-order chi connectivity index (χ1) is 10.9. The van der Waals surface area contributed by atoms with Crippen LogP contribution in [0.1, 0.15) is 10.4 Å². The van der Waals surface area contributed by atoms with Gasteiger partial charge in [-0.2, -0.15) is 0 Å². The van der Waals surface area contributed by atoms with E-state index in [1.54, 1.807) is 0 Å². The summed E-state index contributed by atoms with van der Waals surface area (Å²) in [7, 11) is 1.29. The number of nitrogens with one attached hydrogen (secondary N) is 2. The Bertz CT molecular complexity index is 767. The molecule has 0 fully saturated rings. The Morgan fingerprint density at radius 2 is 1.74 bits per heavy atom. The van der Waals surface area contributed by atoms with E-state index in [1.165, 1.54) is 37.4 Å². The number of carboxylic acids is 1. The second-order valence-corrected chi connectivity index (χ2v) is 4.75. The highest BCUT2D eigenvalue weighted by Gasteiger charge is 2.17. The van der Waals surface area contributed by atoms with Gasteiger partial charge in [0.25, 0.3) is 0 Å². The minimum atomic E-state index is -1.20. The monoisotopic (exact) mass is 338 g/mol. The number of benzene rings is 2. The summed E-state index contributed by atoms with van der Waals surface area (Å²) >= 11 is 5.75. The van der Waals surface area contributed by atoms with E-state index in [0.29, 0.717) is 0 Å². The highest BCUT2D eigenvalue weighted by atomic mass is 35.5. The predicted octanol–water partition coefficient (Wildman–Crippen LogP) is 3.83.